The number of halogens is 3. The maximum Gasteiger partial charge on any atom is 0.391 e. The van der Waals surface area contributed by atoms with Gasteiger partial charge in [0.25, 0.3) is 0 Å². The highest BCUT2D eigenvalue weighted by molar-refractivity contribution is 5.81. The summed E-state index contributed by atoms with van der Waals surface area (Å²) in [6, 6.07) is -1.71. The molecule has 0 aliphatic carbocycles. The average Bonchev–Trinajstić information content (AvgIpc) is 1.98. The Morgan fingerprint density at radius 3 is 2.13 bits per heavy atom. The molecule has 2 atom stereocenters. The molecule has 0 spiro atoms. The zero-order chi connectivity index (χ0) is 12.2. The molecule has 1 unspecified atom stereocenters. The van der Waals surface area contributed by atoms with Crippen molar-refractivity contribution in [2.24, 2.45) is 11.7 Å². The first kappa shape index (κ1) is 14.2. The van der Waals surface area contributed by atoms with Crippen LogP contribution >= 0.6 is 0 Å². The van der Waals surface area contributed by atoms with Gasteiger partial charge < -0.3 is 11.1 Å². The Bertz CT molecular complexity index is 216. The summed E-state index contributed by atoms with van der Waals surface area (Å²) in [6.45, 7) is 4.77. The van der Waals surface area contributed by atoms with Crippen molar-refractivity contribution in [1.82, 2.24) is 5.32 Å². The van der Waals surface area contributed by atoms with E-state index < -0.39 is 30.6 Å². The summed E-state index contributed by atoms with van der Waals surface area (Å²) in [7, 11) is 0. The largest absolute Gasteiger partial charge is 0.391 e. The number of rotatable bonds is 4. The van der Waals surface area contributed by atoms with Crippen molar-refractivity contribution in [3.63, 3.8) is 0 Å². The van der Waals surface area contributed by atoms with E-state index in [-0.39, 0.29) is 5.92 Å². The summed E-state index contributed by atoms with van der Waals surface area (Å²) < 4.78 is 35.8. The molecule has 6 heteroatoms. The number of amides is 1. The molecule has 3 N–H and O–H groups in total. The van der Waals surface area contributed by atoms with Crippen molar-refractivity contribution in [1.29, 1.82) is 0 Å². The van der Waals surface area contributed by atoms with Gasteiger partial charge in [0, 0.05) is 6.04 Å². The molecule has 0 fully saturated rings. The minimum atomic E-state index is -4.27. The van der Waals surface area contributed by atoms with Gasteiger partial charge in [-0.3, -0.25) is 4.79 Å². The molecule has 0 aromatic carbocycles. The van der Waals surface area contributed by atoms with Gasteiger partial charge in [-0.15, -0.1) is 0 Å². The molecule has 15 heavy (non-hydrogen) atoms. The second-order valence-corrected chi connectivity index (χ2v) is 4.00. The fourth-order valence-electron chi connectivity index (χ4n) is 1.04. The number of hydrogen-bond acceptors (Lipinski definition) is 2. The van der Waals surface area contributed by atoms with Gasteiger partial charge >= 0.3 is 6.18 Å². The number of alkyl halides is 3. The van der Waals surface area contributed by atoms with E-state index in [0.717, 1.165) is 0 Å². The standard InChI is InChI=1S/C9H17F3N2O/c1-5(2)7(13)8(15)14-6(3)4-9(10,11)12/h5-7H,4,13H2,1-3H3,(H,14,15)/t6?,7-/m0/s1. The molecule has 0 saturated carbocycles. The van der Waals surface area contributed by atoms with Crippen LogP contribution in [-0.4, -0.2) is 24.2 Å². The van der Waals surface area contributed by atoms with E-state index in [0.29, 0.717) is 0 Å². The number of carbonyl (C=O) groups is 1. The third kappa shape index (κ3) is 6.33. The summed E-state index contributed by atoms with van der Waals surface area (Å²) in [5.41, 5.74) is 5.48. The predicted molar refractivity (Wildman–Crippen MR) is 51.1 cm³/mol. The van der Waals surface area contributed by atoms with Crippen LogP contribution in [0.4, 0.5) is 13.2 Å². The van der Waals surface area contributed by atoms with Crippen molar-refractivity contribution in [2.45, 2.75) is 45.5 Å². The number of carbonyl (C=O) groups excluding carboxylic acids is 1. The van der Waals surface area contributed by atoms with Crippen molar-refractivity contribution in [3.8, 4) is 0 Å². The van der Waals surface area contributed by atoms with Gasteiger partial charge in [-0.25, -0.2) is 0 Å². The highest BCUT2D eigenvalue weighted by Crippen LogP contribution is 2.21. The first-order valence-electron chi connectivity index (χ1n) is 4.76. The van der Waals surface area contributed by atoms with Crippen LogP contribution in [0.2, 0.25) is 0 Å². The Morgan fingerprint density at radius 2 is 1.80 bits per heavy atom. The lowest BCUT2D eigenvalue weighted by atomic mass is 10.0. The molecular weight excluding hydrogens is 209 g/mol. The molecule has 0 aliphatic heterocycles. The van der Waals surface area contributed by atoms with Crippen molar-refractivity contribution in [3.05, 3.63) is 0 Å². The second kappa shape index (κ2) is 5.34. The molecule has 1 amide bonds. The minimum Gasteiger partial charge on any atom is -0.352 e. The van der Waals surface area contributed by atoms with Gasteiger partial charge in [-0.1, -0.05) is 13.8 Å². The molecule has 0 rings (SSSR count). The monoisotopic (exact) mass is 226 g/mol. The molecular formula is C9H17F3N2O. The van der Waals surface area contributed by atoms with Crippen LogP contribution in [0.1, 0.15) is 27.2 Å². The van der Waals surface area contributed by atoms with Crippen LogP contribution in [0, 0.1) is 5.92 Å². The van der Waals surface area contributed by atoms with Crippen LogP contribution in [0.5, 0.6) is 0 Å². The summed E-state index contributed by atoms with van der Waals surface area (Å²) in [6.07, 6.45) is -5.31. The molecule has 0 bridgehead atoms. The first-order valence-corrected chi connectivity index (χ1v) is 4.76. The molecule has 0 saturated heterocycles. The van der Waals surface area contributed by atoms with Crippen LogP contribution < -0.4 is 11.1 Å². The Hall–Kier alpha value is -0.780. The molecule has 0 aliphatic rings. The molecule has 0 aromatic rings. The average molecular weight is 226 g/mol. The van der Waals surface area contributed by atoms with E-state index in [1.165, 1.54) is 6.92 Å². The van der Waals surface area contributed by atoms with Crippen LogP contribution in [0.15, 0.2) is 0 Å². The lowest BCUT2D eigenvalue weighted by Gasteiger charge is -2.20. The molecule has 90 valence electrons. The quantitative estimate of drug-likeness (QED) is 0.761. The topological polar surface area (TPSA) is 55.1 Å². The molecule has 3 nitrogen and oxygen atoms in total. The first-order chi connectivity index (χ1) is 6.63. The van der Waals surface area contributed by atoms with Crippen LogP contribution in [0.25, 0.3) is 0 Å². The maximum absolute atomic E-state index is 11.9. The number of nitrogens with one attached hydrogen (secondary N) is 1. The molecule has 0 aromatic heterocycles. The SMILES string of the molecule is CC(CC(F)(F)F)NC(=O)[C@@H](N)C(C)C. The fourth-order valence-corrected chi connectivity index (χ4v) is 1.04. The maximum atomic E-state index is 11.9. The lowest BCUT2D eigenvalue weighted by molar-refractivity contribution is -0.141. The van der Waals surface area contributed by atoms with E-state index in [9.17, 15) is 18.0 Å². The zero-order valence-corrected chi connectivity index (χ0v) is 9.06. The normalized spacial score (nSPS) is 16.3. The van der Waals surface area contributed by atoms with E-state index in [4.69, 9.17) is 5.73 Å². The van der Waals surface area contributed by atoms with Gasteiger partial charge in [-0.2, -0.15) is 13.2 Å². The zero-order valence-electron chi connectivity index (χ0n) is 9.06. The van der Waals surface area contributed by atoms with Crippen molar-refractivity contribution < 1.29 is 18.0 Å². The van der Waals surface area contributed by atoms with Gasteiger partial charge in [-0.05, 0) is 12.8 Å². The highest BCUT2D eigenvalue weighted by atomic mass is 19.4. The Kier molecular flexibility index (Phi) is 5.07. The smallest absolute Gasteiger partial charge is 0.352 e. The number of nitrogens with two attached hydrogens (primary N) is 1. The highest BCUT2D eigenvalue weighted by Gasteiger charge is 2.31. The van der Waals surface area contributed by atoms with E-state index >= 15 is 0 Å². The Morgan fingerprint density at radius 1 is 1.33 bits per heavy atom. The lowest BCUT2D eigenvalue weighted by Crippen LogP contribution is -2.47. The third-order valence-corrected chi connectivity index (χ3v) is 1.95. The fraction of sp³-hybridized carbons (Fsp3) is 0.889. The minimum absolute atomic E-state index is 0.0944. The summed E-state index contributed by atoms with van der Waals surface area (Å²) in [4.78, 5) is 11.3. The van der Waals surface area contributed by atoms with E-state index in [1.54, 1.807) is 13.8 Å². The molecule has 0 heterocycles. The molecule has 0 radical (unpaired) electrons. The second-order valence-electron chi connectivity index (χ2n) is 4.00. The van der Waals surface area contributed by atoms with E-state index in [2.05, 4.69) is 5.32 Å². The van der Waals surface area contributed by atoms with Crippen LogP contribution in [-0.2, 0) is 4.79 Å². The summed E-state index contributed by atoms with van der Waals surface area (Å²) >= 11 is 0. The number of hydrogen-bond donors (Lipinski definition) is 2. The summed E-state index contributed by atoms with van der Waals surface area (Å²) in [5, 5.41) is 2.23. The third-order valence-electron chi connectivity index (χ3n) is 1.95. The van der Waals surface area contributed by atoms with Crippen LogP contribution in [0.3, 0.4) is 0 Å². The van der Waals surface area contributed by atoms with Crippen molar-refractivity contribution >= 4 is 5.91 Å². The van der Waals surface area contributed by atoms with Gasteiger partial charge in [0.2, 0.25) is 5.91 Å². The van der Waals surface area contributed by atoms with Crippen molar-refractivity contribution in [2.75, 3.05) is 0 Å². The van der Waals surface area contributed by atoms with Gasteiger partial charge in [0.15, 0.2) is 0 Å². The predicted octanol–water partition coefficient (Wildman–Crippen LogP) is 1.43. The Labute approximate surface area is 87.2 Å². The van der Waals surface area contributed by atoms with Gasteiger partial charge in [0.05, 0.1) is 12.5 Å². The Balaban J connectivity index is 4.08. The van der Waals surface area contributed by atoms with E-state index in [1.807, 2.05) is 0 Å². The van der Waals surface area contributed by atoms with Gasteiger partial charge in [0.1, 0.15) is 0 Å². The summed E-state index contributed by atoms with van der Waals surface area (Å²) in [5.74, 6) is -0.634.